The summed E-state index contributed by atoms with van der Waals surface area (Å²) in [5, 5.41) is 2.30. The minimum atomic E-state index is -0.809. The molecule has 0 saturated carbocycles. The third kappa shape index (κ3) is 3.62. The van der Waals surface area contributed by atoms with E-state index in [1.807, 2.05) is 0 Å². The van der Waals surface area contributed by atoms with Crippen LogP contribution in [0.1, 0.15) is 55.3 Å². The van der Waals surface area contributed by atoms with E-state index in [-0.39, 0.29) is 22.7 Å². The minimum Gasteiger partial charge on any atom is -0.386 e. The lowest BCUT2D eigenvalue weighted by Crippen LogP contribution is -2.14. The van der Waals surface area contributed by atoms with E-state index in [0.717, 1.165) is 0 Å². The largest absolute Gasteiger partial charge is 0.386 e. The van der Waals surface area contributed by atoms with Gasteiger partial charge in [0.1, 0.15) is 0 Å². The quantitative estimate of drug-likeness (QED) is 0.256. The van der Waals surface area contributed by atoms with Gasteiger partial charge in [-0.15, -0.1) is 0 Å². The predicted molar refractivity (Wildman–Crippen MR) is 118 cm³/mol. The Morgan fingerprint density at radius 1 is 0.484 bits per heavy atom. The Balaban J connectivity index is 1.73. The van der Waals surface area contributed by atoms with Crippen molar-refractivity contribution in [1.29, 1.82) is 0 Å². The van der Waals surface area contributed by atoms with Crippen molar-refractivity contribution in [2.24, 2.45) is 0 Å². The molecule has 4 rings (SSSR count). The van der Waals surface area contributed by atoms with Crippen molar-refractivity contribution in [1.82, 2.24) is 0 Å². The molecule has 31 heavy (non-hydrogen) atoms. The molecule has 0 aliphatic carbocycles. The van der Waals surface area contributed by atoms with Crippen LogP contribution in [0.4, 0.5) is 0 Å². The molecule has 0 fully saturated rings. The Hall–Kier alpha value is -4.12. The van der Waals surface area contributed by atoms with Crippen LogP contribution in [-0.2, 0) is 4.74 Å². The molecular weight excluding hydrogens is 392 g/mol. The zero-order valence-corrected chi connectivity index (χ0v) is 17.0. The predicted octanol–water partition coefficient (Wildman–Crippen LogP) is 5.40. The Labute approximate surface area is 178 Å². The number of carbonyl (C=O) groups excluding carboxylic acids is 4. The summed E-state index contributed by atoms with van der Waals surface area (Å²) >= 11 is 0. The Bertz CT molecular complexity index is 1290. The Morgan fingerprint density at radius 2 is 0.774 bits per heavy atom. The molecule has 0 N–H and O–H groups in total. The SMILES string of the molecule is CC(=O)c1ccc(C(=O)OC(=O)c2ccc(C(C)=O)c3ccccc23)c2ccccc12. The number of Topliss-reactive ketones (excluding diaryl/α,β-unsaturated/α-hetero) is 2. The molecular formula is C26H18O5. The van der Waals surface area contributed by atoms with E-state index in [9.17, 15) is 19.2 Å². The number of rotatable bonds is 4. The number of benzene rings is 4. The van der Waals surface area contributed by atoms with Crippen LogP contribution in [0.25, 0.3) is 21.5 Å². The van der Waals surface area contributed by atoms with Gasteiger partial charge in [0.2, 0.25) is 0 Å². The van der Waals surface area contributed by atoms with Gasteiger partial charge in [-0.1, -0.05) is 48.5 Å². The molecule has 0 amide bonds. The van der Waals surface area contributed by atoms with Gasteiger partial charge in [-0.3, -0.25) is 9.59 Å². The molecule has 0 bridgehead atoms. The summed E-state index contributed by atoms with van der Waals surface area (Å²) < 4.78 is 5.19. The number of hydrogen-bond donors (Lipinski definition) is 0. The van der Waals surface area contributed by atoms with Gasteiger partial charge in [0, 0.05) is 11.1 Å². The van der Waals surface area contributed by atoms with Crippen molar-refractivity contribution in [3.63, 3.8) is 0 Å². The lowest BCUT2D eigenvalue weighted by molar-refractivity contribution is 0.0400. The number of ether oxygens (including phenoxy) is 1. The van der Waals surface area contributed by atoms with Gasteiger partial charge in [-0.05, 0) is 59.7 Å². The smallest absolute Gasteiger partial charge is 0.346 e. The third-order valence-corrected chi connectivity index (χ3v) is 5.23. The first-order valence-electron chi connectivity index (χ1n) is 9.70. The van der Waals surface area contributed by atoms with Gasteiger partial charge in [0.25, 0.3) is 0 Å². The van der Waals surface area contributed by atoms with Gasteiger partial charge >= 0.3 is 11.9 Å². The fourth-order valence-corrected chi connectivity index (χ4v) is 3.76. The molecule has 0 aliphatic rings. The van der Waals surface area contributed by atoms with Crippen LogP contribution in [0.5, 0.6) is 0 Å². The third-order valence-electron chi connectivity index (χ3n) is 5.23. The summed E-state index contributed by atoms with van der Waals surface area (Å²) in [4.78, 5) is 49.5. The maximum Gasteiger partial charge on any atom is 0.346 e. The van der Waals surface area contributed by atoms with Crippen molar-refractivity contribution < 1.29 is 23.9 Å². The summed E-state index contributed by atoms with van der Waals surface area (Å²) in [5.74, 6) is -1.86. The van der Waals surface area contributed by atoms with E-state index in [0.29, 0.717) is 32.7 Å². The van der Waals surface area contributed by atoms with Crippen LogP contribution in [0.3, 0.4) is 0 Å². The van der Waals surface area contributed by atoms with Crippen molar-refractivity contribution in [2.45, 2.75) is 13.8 Å². The number of carbonyl (C=O) groups is 4. The van der Waals surface area contributed by atoms with Gasteiger partial charge in [-0.25, -0.2) is 9.59 Å². The maximum absolute atomic E-state index is 12.9. The van der Waals surface area contributed by atoms with E-state index in [1.54, 1.807) is 60.7 Å². The summed E-state index contributed by atoms with van der Waals surface area (Å²) in [7, 11) is 0. The van der Waals surface area contributed by atoms with E-state index in [4.69, 9.17) is 4.74 Å². The lowest BCUT2D eigenvalue weighted by atomic mass is 9.97. The molecule has 0 heterocycles. The number of hydrogen-bond acceptors (Lipinski definition) is 5. The van der Waals surface area contributed by atoms with Gasteiger partial charge in [0.05, 0.1) is 11.1 Å². The monoisotopic (exact) mass is 410 g/mol. The molecule has 0 unspecified atom stereocenters. The zero-order chi connectivity index (χ0) is 22.1. The van der Waals surface area contributed by atoms with E-state index in [1.165, 1.54) is 26.0 Å². The highest BCUT2D eigenvalue weighted by molar-refractivity contribution is 6.17. The summed E-state index contributed by atoms with van der Waals surface area (Å²) in [6.07, 6.45) is 0. The number of fused-ring (bicyclic) bond motifs is 2. The second kappa shape index (κ2) is 7.95. The first-order chi connectivity index (χ1) is 14.9. The Kier molecular flexibility index (Phi) is 5.17. The molecule has 5 nitrogen and oxygen atoms in total. The Morgan fingerprint density at radius 3 is 1.10 bits per heavy atom. The molecule has 4 aromatic carbocycles. The van der Waals surface area contributed by atoms with Crippen LogP contribution in [0.2, 0.25) is 0 Å². The summed E-state index contributed by atoms with van der Waals surface area (Å²) in [6, 6.07) is 20.1. The van der Waals surface area contributed by atoms with E-state index < -0.39 is 11.9 Å². The molecule has 0 aliphatic heterocycles. The van der Waals surface area contributed by atoms with E-state index >= 15 is 0 Å². The topological polar surface area (TPSA) is 77.5 Å². The highest BCUT2D eigenvalue weighted by Gasteiger charge is 2.21. The van der Waals surface area contributed by atoms with Crippen LogP contribution >= 0.6 is 0 Å². The van der Waals surface area contributed by atoms with Crippen molar-refractivity contribution >= 4 is 45.0 Å². The molecule has 0 spiro atoms. The van der Waals surface area contributed by atoms with Crippen molar-refractivity contribution in [3.05, 3.63) is 95.1 Å². The van der Waals surface area contributed by atoms with Crippen LogP contribution in [-0.4, -0.2) is 23.5 Å². The number of esters is 2. The normalized spacial score (nSPS) is 10.8. The molecule has 0 atom stereocenters. The average Bonchev–Trinajstić information content (AvgIpc) is 2.77. The van der Waals surface area contributed by atoms with Crippen molar-refractivity contribution in [2.75, 3.05) is 0 Å². The van der Waals surface area contributed by atoms with Crippen LogP contribution in [0, 0.1) is 0 Å². The average molecular weight is 410 g/mol. The first kappa shape index (κ1) is 20.2. The molecule has 0 aromatic heterocycles. The molecule has 0 radical (unpaired) electrons. The summed E-state index contributed by atoms with van der Waals surface area (Å²) in [6.45, 7) is 2.91. The van der Waals surface area contributed by atoms with Gasteiger partial charge in [0.15, 0.2) is 11.6 Å². The molecule has 0 saturated heterocycles. The second-order valence-corrected chi connectivity index (χ2v) is 7.20. The molecule has 4 aromatic rings. The maximum atomic E-state index is 12.9. The van der Waals surface area contributed by atoms with Gasteiger partial charge in [-0.2, -0.15) is 0 Å². The molecule has 152 valence electrons. The van der Waals surface area contributed by atoms with E-state index in [2.05, 4.69) is 0 Å². The fourth-order valence-electron chi connectivity index (χ4n) is 3.76. The van der Waals surface area contributed by atoms with Crippen LogP contribution < -0.4 is 0 Å². The number of ketones is 2. The highest BCUT2D eigenvalue weighted by Crippen LogP contribution is 2.26. The first-order valence-corrected chi connectivity index (χ1v) is 9.70. The van der Waals surface area contributed by atoms with Gasteiger partial charge < -0.3 is 4.74 Å². The van der Waals surface area contributed by atoms with Crippen molar-refractivity contribution in [3.8, 4) is 0 Å². The minimum absolute atomic E-state index is 0.121. The fraction of sp³-hybridized carbons (Fsp3) is 0.0769. The van der Waals surface area contributed by atoms with Crippen LogP contribution in [0.15, 0.2) is 72.8 Å². The summed E-state index contributed by atoms with van der Waals surface area (Å²) in [5.41, 5.74) is 1.37. The molecule has 5 heteroatoms. The zero-order valence-electron chi connectivity index (χ0n) is 17.0. The standard InChI is InChI=1S/C26H18O5/c1-15(27)17-11-13-23(21-9-5-3-7-19(17)21)25(29)31-26(30)24-14-12-18(16(2)28)20-8-4-6-10-22(20)24/h3-14H,1-2H3. The lowest BCUT2D eigenvalue weighted by Gasteiger charge is -2.11. The highest BCUT2D eigenvalue weighted by atomic mass is 16.6. The second-order valence-electron chi connectivity index (χ2n) is 7.20.